The summed E-state index contributed by atoms with van der Waals surface area (Å²) in [5, 5.41) is 22.5. The van der Waals surface area contributed by atoms with E-state index in [4.69, 9.17) is 14.5 Å². The third-order valence-corrected chi connectivity index (χ3v) is 6.42. The third kappa shape index (κ3) is 2.81. The highest BCUT2D eigenvalue weighted by atomic mass is 31.2. The van der Waals surface area contributed by atoms with E-state index in [1.54, 1.807) is 13.8 Å². The average molecular weight is 416 g/mol. The van der Waals surface area contributed by atoms with Crippen LogP contribution in [0.1, 0.15) is 39.2 Å². The summed E-state index contributed by atoms with van der Waals surface area (Å²) in [6.07, 6.45) is 1.42. The minimum atomic E-state index is -4.83. The van der Waals surface area contributed by atoms with Crippen molar-refractivity contribution in [1.82, 2.24) is 19.5 Å². The van der Waals surface area contributed by atoms with Gasteiger partial charge in [-0.3, -0.25) is 9.09 Å². The zero-order chi connectivity index (χ0) is 21.3. The molecule has 0 spiro atoms. The Bertz CT molecular complexity index is 985. The number of aryl methyl sites for hydroxylation is 2. The molecule has 0 saturated carbocycles. The number of aliphatic hydroxyl groups is 2. The van der Waals surface area contributed by atoms with E-state index in [9.17, 15) is 14.8 Å². The molecule has 0 aliphatic carbocycles. The second kappa shape index (κ2) is 6.02. The maximum absolute atomic E-state index is 11.4. The van der Waals surface area contributed by atoms with Crippen LogP contribution in [0.2, 0.25) is 0 Å². The summed E-state index contributed by atoms with van der Waals surface area (Å²) in [5.41, 5.74) is -5.60. The van der Waals surface area contributed by atoms with Crippen molar-refractivity contribution in [3.05, 3.63) is 17.8 Å². The average Bonchev–Trinajstić information content (AvgIpc) is 2.99. The molecule has 0 radical (unpaired) electrons. The number of fused-ring (bicyclic) bond motifs is 1. The summed E-state index contributed by atoms with van der Waals surface area (Å²) in [5.74, 6) is 0.493. The molecule has 28 heavy (non-hydrogen) atoms. The molecule has 4 N–H and O–H groups in total. The smallest absolute Gasteiger partial charge is 0.384 e. The molecule has 12 heteroatoms. The van der Waals surface area contributed by atoms with E-state index in [0.717, 1.165) is 0 Å². The fourth-order valence-corrected chi connectivity index (χ4v) is 4.17. The van der Waals surface area contributed by atoms with Crippen molar-refractivity contribution in [3.63, 3.8) is 0 Å². The third-order valence-electron chi connectivity index (χ3n) is 5.95. The fraction of sp³-hybridized carbons (Fsp3) is 0.688. The van der Waals surface area contributed by atoms with Gasteiger partial charge in [-0.25, -0.2) is 19.5 Å². The summed E-state index contributed by atoms with van der Waals surface area (Å²) < 4.78 is 23.4. The van der Waals surface area contributed by atoms with Crippen LogP contribution in [0.4, 0.5) is 0 Å². The molecular formula is C16H25N4O7P. The van der Waals surface area contributed by atoms with Gasteiger partial charge in [0.15, 0.2) is 11.4 Å². The molecule has 1 fully saturated rings. The summed E-state index contributed by atoms with van der Waals surface area (Å²) in [7, 11) is -4.83. The topological polar surface area (TPSA) is 160 Å². The number of imidazole rings is 1. The van der Waals surface area contributed by atoms with Gasteiger partial charge in [-0.1, -0.05) is 0 Å². The first-order valence-corrected chi connectivity index (χ1v) is 10.1. The quantitative estimate of drug-likeness (QED) is 0.517. The van der Waals surface area contributed by atoms with Crippen LogP contribution in [0.3, 0.4) is 0 Å². The molecule has 2 aromatic heterocycles. The maximum Gasteiger partial charge on any atom is 0.469 e. The van der Waals surface area contributed by atoms with Gasteiger partial charge in [0.05, 0.1) is 18.6 Å². The summed E-state index contributed by atoms with van der Waals surface area (Å²) in [4.78, 5) is 31.1. The first-order chi connectivity index (χ1) is 12.6. The van der Waals surface area contributed by atoms with Crippen LogP contribution >= 0.6 is 7.82 Å². The van der Waals surface area contributed by atoms with Crippen molar-refractivity contribution in [3.8, 4) is 0 Å². The molecule has 1 aliphatic heterocycles. The summed E-state index contributed by atoms with van der Waals surface area (Å²) in [6.45, 7) is 8.49. The van der Waals surface area contributed by atoms with Gasteiger partial charge in [-0.05, 0) is 41.5 Å². The van der Waals surface area contributed by atoms with E-state index in [2.05, 4.69) is 19.5 Å². The van der Waals surface area contributed by atoms with Gasteiger partial charge >= 0.3 is 7.82 Å². The van der Waals surface area contributed by atoms with Crippen LogP contribution < -0.4 is 0 Å². The van der Waals surface area contributed by atoms with Gasteiger partial charge in [0, 0.05) is 0 Å². The first kappa shape index (κ1) is 21.3. The monoisotopic (exact) mass is 416 g/mol. The van der Waals surface area contributed by atoms with Crippen molar-refractivity contribution in [2.45, 2.75) is 64.1 Å². The van der Waals surface area contributed by atoms with E-state index in [0.29, 0.717) is 22.7 Å². The number of phosphoric acid groups is 1. The van der Waals surface area contributed by atoms with Crippen molar-refractivity contribution in [2.75, 3.05) is 6.61 Å². The lowest BCUT2D eigenvalue weighted by Crippen LogP contribution is -2.63. The molecule has 3 rings (SSSR count). The molecule has 0 bridgehead atoms. The minimum absolute atomic E-state index is 0.392. The van der Waals surface area contributed by atoms with Gasteiger partial charge in [0.1, 0.15) is 28.1 Å². The molecule has 0 aromatic carbocycles. The van der Waals surface area contributed by atoms with Gasteiger partial charge in [0.2, 0.25) is 0 Å². The Balaban J connectivity index is 2.17. The Morgan fingerprint density at radius 3 is 2.32 bits per heavy atom. The number of nitrogens with zero attached hydrogens (tertiary/aromatic N) is 4. The van der Waals surface area contributed by atoms with Crippen molar-refractivity contribution < 1.29 is 33.8 Å². The molecule has 1 saturated heterocycles. The Kier molecular flexibility index (Phi) is 4.57. The highest BCUT2D eigenvalue weighted by Crippen LogP contribution is 2.56. The van der Waals surface area contributed by atoms with Gasteiger partial charge in [-0.2, -0.15) is 0 Å². The highest BCUT2D eigenvalue weighted by molar-refractivity contribution is 7.46. The maximum atomic E-state index is 11.4. The molecule has 0 amide bonds. The number of ether oxygens (including phenoxy) is 1. The molecule has 3 heterocycles. The largest absolute Gasteiger partial charge is 0.469 e. The number of hydrogen-bond donors (Lipinski definition) is 4. The summed E-state index contributed by atoms with van der Waals surface area (Å²) >= 11 is 0. The van der Waals surface area contributed by atoms with Gasteiger partial charge in [-0.15, -0.1) is 0 Å². The predicted octanol–water partition coefficient (Wildman–Crippen LogP) is 0.516. The van der Waals surface area contributed by atoms with E-state index < -0.39 is 37.0 Å². The van der Waals surface area contributed by atoms with Crippen molar-refractivity contribution >= 4 is 19.0 Å². The van der Waals surface area contributed by atoms with E-state index in [-0.39, 0.29) is 0 Å². The lowest BCUT2D eigenvalue weighted by atomic mass is 9.73. The lowest BCUT2D eigenvalue weighted by molar-refractivity contribution is -0.192. The van der Waals surface area contributed by atoms with E-state index in [1.807, 2.05) is 0 Å². The van der Waals surface area contributed by atoms with Crippen LogP contribution in [0.15, 0.2) is 6.33 Å². The summed E-state index contributed by atoms with van der Waals surface area (Å²) in [6, 6.07) is 0. The Morgan fingerprint density at radius 1 is 1.14 bits per heavy atom. The molecular weight excluding hydrogens is 391 g/mol. The molecule has 156 valence electrons. The molecule has 4 unspecified atom stereocenters. The van der Waals surface area contributed by atoms with Gasteiger partial charge in [0.25, 0.3) is 0 Å². The molecule has 1 aliphatic rings. The van der Waals surface area contributed by atoms with Crippen LogP contribution in [-0.2, 0) is 19.6 Å². The molecule has 2 aromatic rings. The number of hydrogen-bond acceptors (Lipinski definition) is 8. The lowest BCUT2D eigenvalue weighted by Gasteiger charge is -2.42. The molecule has 11 nitrogen and oxygen atoms in total. The zero-order valence-electron chi connectivity index (χ0n) is 16.5. The van der Waals surface area contributed by atoms with Crippen LogP contribution in [0, 0.1) is 13.8 Å². The first-order valence-electron chi connectivity index (χ1n) is 8.59. The van der Waals surface area contributed by atoms with Gasteiger partial charge < -0.3 is 24.7 Å². The second-order valence-corrected chi connectivity index (χ2v) is 9.11. The van der Waals surface area contributed by atoms with E-state index in [1.165, 1.54) is 38.6 Å². The highest BCUT2D eigenvalue weighted by Gasteiger charge is 2.73. The van der Waals surface area contributed by atoms with Crippen LogP contribution in [0.5, 0.6) is 0 Å². The normalized spacial score (nSPS) is 36.4. The minimum Gasteiger partial charge on any atom is -0.384 e. The Labute approximate surface area is 161 Å². The SMILES string of the molecule is Cc1nc(C)c2ncn(C3(C)OC(C)(COP(=O)(O)O)C(C)(O)C3(C)O)c2n1. The second-order valence-electron chi connectivity index (χ2n) is 7.87. The Hall–Kier alpha value is -1.46. The molecule has 4 atom stereocenters. The van der Waals surface area contributed by atoms with Crippen molar-refractivity contribution in [1.29, 1.82) is 0 Å². The fourth-order valence-electron chi connectivity index (χ4n) is 3.76. The van der Waals surface area contributed by atoms with Crippen LogP contribution in [-0.4, -0.2) is 62.9 Å². The standard InChI is InChI=1S/C16H25N4O7P/c1-9-11-12(19-10(2)18-9)20(8-17-11)16(6)15(5,22)14(4,21)13(3,27-16)7-26-28(23,24)25/h8,21-22H,7H2,1-6H3,(H2,23,24,25). The Morgan fingerprint density at radius 2 is 1.75 bits per heavy atom. The van der Waals surface area contributed by atoms with Crippen molar-refractivity contribution in [2.24, 2.45) is 0 Å². The number of aromatic nitrogens is 4. The number of rotatable bonds is 4. The van der Waals surface area contributed by atoms with E-state index >= 15 is 0 Å². The predicted molar refractivity (Wildman–Crippen MR) is 97.2 cm³/mol. The van der Waals surface area contributed by atoms with Crippen LogP contribution in [0.25, 0.3) is 11.2 Å². The zero-order valence-corrected chi connectivity index (χ0v) is 17.4. The number of phosphoric ester groups is 1.